The van der Waals surface area contributed by atoms with Crippen molar-refractivity contribution >= 4 is 0 Å². The van der Waals surface area contributed by atoms with Crippen molar-refractivity contribution in [2.24, 2.45) is 0 Å². The van der Waals surface area contributed by atoms with Gasteiger partial charge in [0.2, 0.25) is 0 Å². The van der Waals surface area contributed by atoms with Crippen LogP contribution in [0.5, 0.6) is 0 Å². The van der Waals surface area contributed by atoms with Crippen LogP contribution in [0.4, 0.5) is 0 Å². The zero-order valence-electron chi connectivity index (χ0n) is 10.9. The Hall–Kier alpha value is -1.63. The second-order valence-corrected chi connectivity index (χ2v) is 5.10. The normalized spacial score (nSPS) is 12.5. The Bertz CT molecular complexity index is 624. The SMILES string of the molecule is Cc1cc2c(c(C)c1C)-c1c(C)ccnc1C2. The Balaban J connectivity index is 2.39. The van der Waals surface area contributed by atoms with Crippen LogP contribution in [0.25, 0.3) is 11.1 Å². The maximum absolute atomic E-state index is 4.54. The summed E-state index contributed by atoms with van der Waals surface area (Å²) in [5.74, 6) is 0. The first-order valence-electron chi connectivity index (χ1n) is 6.14. The predicted octanol–water partition coefficient (Wildman–Crippen LogP) is 3.89. The molecule has 0 atom stereocenters. The first-order valence-corrected chi connectivity index (χ1v) is 6.14. The van der Waals surface area contributed by atoms with Gasteiger partial charge in [-0.3, -0.25) is 4.98 Å². The van der Waals surface area contributed by atoms with E-state index in [4.69, 9.17) is 0 Å². The van der Waals surface area contributed by atoms with Gasteiger partial charge >= 0.3 is 0 Å². The van der Waals surface area contributed by atoms with Gasteiger partial charge in [-0.05, 0) is 67.1 Å². The molecular weight excluding hydrogens is 206 g/mol. The summed E-state index contributed by atoms with van der Waals surface area (Å²) >= 11 is 0. The topological polar surface area (TPSA) is 12.9 Å². The van der Waals surface area contributed by atoms with Gasteiger partial charge in [-0.2, -0.15) is 0 Å². The van der Waals surface area contributed by atoms with Crippen LogP contribution in [0.1, 0.15) is 33.5 Å². The highest BCUT2D eigenvalue weighted by Crippen LogP contribution is 2.41. The number of pyridine rings is 1. The monoisotopic (exact) mass is 223 g/mol. The molecule has 0 spiro atoms. The van der Waals surface area contributed by atoms with Crippen molar-refractivity contribution in [2.45, 2.75) is 34.1 Å². The fraction of sp³-hybridized carbons (Fsp3) is 0.312. The molecule has 17 heavy (non-hydrogen) atoms. The third-order valence-corrected chi connectivity index (χ3v) is 4.09. The van der Waals surface area contributed by atoms with E-state index in [0.29, 0.717) is 0 Å². The lowest BCUT2D eigenvalue weighted by Crippen LogP contribution is -1.93. The van der Waals surface area contributed by atoms with Crippen LogP contribution >= 0.6 is 0 Å². The van der Waals surface area contributed by atoms with Crippen molar-refractivity contribution in [3.63, 3.8) is 0 Å². The lowest BCUT2D eigenvalue weighted by molar-refractivity contribution is 1.11. The molecule has 1 aliphatic carbocycles. The van der Waals surface area contributed by atoms with Gasteiger partial charge in [-0.25, -0.2) is 0 Å². The highest BCUT2D eigenvalue weighted by Gasteiger charge is 2.24. The Morgan fingerprint density at radius 1 is 0.941 bits per heavy atom. The van der Waals surface area contributed by atoms with E-state index in [1.165, 1.54) is 44.6 Å². The van der Waals surface area contributed by atoms with Gasteiger partial charge in [0.25, 0.3) is 0 Å². The molecule has 1 heteroatoms. The average Bonchev–Trinajstić information content (AvgIpc) is 2.65. The summed E-state index contributed by atoms with van der Waals surface area (Å²) < 4.78 is 0. The molecule has 0 saturated carbocycles. The Morgan fingerprint density at radius 2 is 1.71 bits per heavy atom. The van der Waals surface area contributed by atoms with Crippen molar-refractivity contribution in [3.05, 3.63) is 51.8 Å². The fourth-order valence-corrected chi connectivity index (χ4v) is 2.92. The molecule has 0 aliphatic heterocycles. The predicted molar refractivity (Wildman–Crippen MR) is 71.4 cm³/mol. The van der Waals surface area contributed by atoms with Crippen LogP contribution in [0.15, 0.2) is 18.3 Å². The van der Waals surface area contributed by atoms with Crippen LogP contribution in [0.2, 0.25) is 0 Å². The molecule has 86 valence electrons. The minimum Gasteiger partial charge on any atom is -0.260 e. The smallest absolute Gasteiger partial charge is 0.0528 e. The number of nitrogens with zero attached hydrogens (tertiary/aromatic N) is 1. The average molecular weight is 223 g/mol. The first-order chi connectivity index (χ1) is 8.09. The van der Waals surface area contributed by atoms with Crippen molar-refractivity contribution in [1.82, 2.24) is 4.98 Å². The minimum absolute atomic E-state index is 0.994. The maximum atomic E-state index is 4.54. The molecule has 3 rings (SSSR count). The number of aryl methyl sites for hydroxylation is 2. The molecule has 0 fully saturated rings. The molecule has 0 unspecified atom stereocenters. The van der Waals surface area contributed by atoms with Crippen molar-refractivity contribution in [2.75, 3.05) is 0 Å². The van der Waals surface area contributed by atoms with Crippen LogP contribution in [-0.4, -0.2) is 4.98 Å². The molecule has 1 heterocycles. The summed E-state index contributed by atoms with van der Waals surface area (Å²) in [6, 6.07) is 4.45. The number of hydrogen-bond acceptors (Lipinski definition) is 1. The van der Waals surface area contributed by atoms with Crippen molar-refractivity contribution in [1.29, 1.82) is 0 Å². The van der Waals surface area contributed by atoms with Gasteiger partial charge in [0.05, 0.1) is 5.69 Å². The largest absolute Gasteiger partial charge is 0.260 e. The van der Waals surface area contributed by atoms with Crippen LogP contribution in [-0.2, 0) is 6.42 Å². The van der Waals surface area contributed by atoms with E-state index in [-0.39, 0.29) is 0 Å². The molecule has 2 aromatic rings. The van der Waals surface area contributed by atoms with E-state index in [0.717, 1.165) is 6.42 Å². The molecule has 1 aromatic carbocycles. The Kier molecular flexibility index (Phi) is 2.12. The number of fused-ring (bicyclic) bond motifs is 3. The molecule has 0 amide bonds. The third-order valence-electron chi connectivity index (χ3n) is 4.09. The van der Waals surface area contributed by atoms with Crippen LogP contribution < -0.4 is 0 Å². The summed E-state index contributed by atoms with van der Waals surface area (Å²) in [6.45, 7) is 8.84. The van der Waals surface area contributed by atoms with Crippen molar-refractivity contribution < 1.29 is 0 Å². The van der Waals surface area contributed by atoms with E-state index in [1.807, 2.05) is 6.20 Å². The van der Waals surface area contributed by atoms with E-state index < -0.39 is 0 Å². The van der Waals surface area contributed by atoms with Gasteiger partial charge in [0.1, 0.15) is 0 Å². The number of hydrogen-bond donors (Lipinski definition) is 0. The van der Waals surface area contributed by atoms with Gasteiger partial charge in [0, 0.05) is 18.2 Å². The molecule has 1 nitrogen and oxygen atoms in total. The summed E-state index contributed by atoms with van der Waals surface area (Å²) in [5.41, 5.74) is 11.1. The molecule has 1 aliphatic rings. The highest BCUT2D eigenvalue weighted by atomic mass is 14.7. The lowest BCUT2D eigenvalue weighted by Gasteiger charge is -2.13. The number of rotatable bonds is 0. The lowest BCUT2D eigenvalue weighted by atomic mass is 9.92. The standard InChI is InChI=1S/C16H17N/c1-9-5-6-17-14-8-13-7-10(2)11(3)12(4)16(13)15(9)14/h5-7H,8H2,1-4H3. The van der Waals surface area contributed by atoms with E-state index in [9.17, 15) is 0 Å². The molecular formula is C16H17N. The quantitative estimate of drug-likeness (QED) is 0.563. The Morgan fingerprint density at radius 3 is 2.47 bits per heavy atom. The van der Waals surface area contributed by atoms with Gasteiger partial charge in [0.15, 0.2) is 0 Å². The fourth-order valence-electron chi connectivity index (χ4n) is 2.92. The molecule has 0 radical (unpaired) electrons. The second-order valence-electron chi connectivity index (χ2n) is 5.10. The zero-order chi connectivity index (χ0) is 12.2. The summed E-state index contributed by atoms with van der Waals surface area (Å²) in [7, 11) is 0. The van der Waals surface area contributed by atoms with E-state index >= 15 is 0 Å². The van der Waals surface area contributed by atoms with Gasteiger partial charge in [-0.15, -0.1) is 0 Å². The third kappa shape index (κ3) is 1.35. The van der Waals surface area contributed by atoms with Crippen molar-refractivity contribution in [3.8, 4) is 11.1 Å². The molecule has 1 aromatic heterocycles. The van der Waals surface area contributed by atoms with E-state index in [2.05, 4.69) is 44.8 Å². The van der Waals surface area contributed by atoms with Crippen LogP contribution in [0.3, 0.4) is 0 Å². The molecule has 0 N–H and O–H groups in total. The Labute approximate surface area is 103 Å². The number of aromatic nitrogens is 1. The second kappa shape index (κ2) is 3.43. The zero-order valence-corrected chi connectivity index (χ0v) is 10.9. The molecule has 0 bridgehead atoms. The first kappa shape index (κ1) is 10.5. The summed E-state index contributed by atoms with van der Waals surface area (Å²) in [5, 5.41) is 0. The minimum atomic E-state index is 0.994. The summed E-state index contributed by atoms with van der Waals surface area (Å²) in [4.78, 5) is 4.54. The van der Waals surface area contributed by atoms with Crippen LogP contribution in [0, 0.1) is 27.7 Å². The number of benzene rings is 1. The maximum Gasteiger partial charge on any atom is 0.0528 e. The van der Waals surface area contributed by atoms with Gasteiger partial charge < -0.3 is 0 Å². The van der Waals surface area contributed by atoms with Gasteiger partial charge in [-0.1, -0.05) is 6.07 Å². The summed E-state index contributed by atoms with van der Waals surface area (Å²) in [6.07, 6.45) is 2.92. The molecule has 0 saturated heterocycles. The van der Waals surface area contributed by atoms with E-state index in [1.54, 1.807) is 0 Å². The highest BCUT2D eigenvalue weighted by molar-refractivity contribution is 5.81.